The van der Waals surface area contributed by atoms with Crippen LogP contribution in [0.25, 0.3) is 0 Å². The van der Waals surface area contributed by atoms with Gasteiger partial charge < -0.3 is 9.63 Å². The van der Waals surface area contributed by atoms with Crippen molar-refractivity contribution >= 4 is 17.7 Å². The first-order chi connectivity index (χ1) is 10.5. The zero-order valence-corrected chi connectivity index (χ0v) is 13.8. The molecule has 8 heteroatoms. The van der Waals surface area contributed by atoms with Gasteiger partial charge in [-0.3, -0.25) is 4.79 Å². The molecule has 0 fully saturated rings. The minimum Gasteiger partial charge on any atom is -0.480 e. The highest BCUT2D eigenvalue weighted by atomic mass is 32.2. The summed E-state index contributed by atoms with van der Waals surface area (Å²) in [6, 6.07) is 0. The zero-order chi connectivity index (χ0) is 16.1. The van der Waals surface area contributed by atoms with Crippen molar-refractivity contribution in [1.82, 2.24) is 19.9 Å². The molecular weight excluding hydrogens is 304 g/mol. The number of hydrogen-bond acceptors (Lipinski definition) is 6. The highest BCUT2D eigenvalue weighted by molar-refractivity contribution is 7.98. The highest BCUT2D eigenvalue weighted by Gasteiger charge is 2.15. The van der Waals surface area contributed by atoms with E-state index in [4.69, 9.17) is 9.63 Å². The van der Waals surface area contributed by atoms with Crippen molar-refractivity contribution in [2.75, 3.05) is 12.0 Å². The molecule has 0 saturated carbocycles. The standard InChI is InChI=1S/C14H20N4O3S/c1-9-11(10(2)21-17-9)4-5-13-15-12(6-7-22-3)16-18(13)8-14(19)20/h4-8H2,1-3H3,(H,19,20). The minimum atomic E-state index is -0.917. The van der Waals surface area contributed by atoms with E-state index >= 15 is 0 Å². The first kappa shape index (κ1) is 16.5. The van der Waals surface area contributed by atoms with Crippen LogP contribution in [0.3, 0.4) is 0 Å². The van der Waals surface area contributed by atoms with Crippen molar-refractivity contribution in [3.05, 3.63) is 28.7 Å². The zero-order valence-electron chi connectivity index (χ0n) is 13.0. The molecule has 0 saturated heterocycles. The number of carbonyl (C=O) groups is 1. The molecule has 22 heavy (non-hydrogen) atoms. The van der Waals surface area contributed by atoms with Crippen LogP contribution in [0.1, 0.15) is 28.7 Å². The molecule has 2 heterocycles. The summed E-state index contributed by atoms with van der Waals surface area (Å²) in [4.78, 5) is 15.5. The number of rotatable bonds is 8. The Balaban J connectivity index is 2.13. The number of hydrogen-bond donors (Lipinski definition) is 1. The lowest BCUT2D eigenvalue weighted by Crippen LogP contribution is -2.14. The molecule has 0 bridgehead atoms. The summed E-state index contributed by atoms with van der Waals surface area (Å²) in [7, 11) is 0. The van der Waals surface area contributed by atoms with Crippen molar-refractivity contribution < 1.29 is 14.4 Å². The molecule has 0 spiro atoms. The number of aliphatic carboxylic acids is 1. The van der Waals surface area contributed by atoms with Crippen molar-refractivity contribution in [2.24, 2.45) is 0 Å². The number of carboxylic acid groups (broad SMARTS) is 1. The summed E-state index contributed by atoms with van der Waals surface area (Å²) < 4.78 is 6.63. The molecule has 2 aromatic rings. The molecular formula is C14H20N4O3S. The van der Waals surface area contributed by atoms with E-state index in [1.54, 1.807) is 11.8 Å². The van der Waals surface area contributed by atoms with Crippen molar-refractivity contribution in [3.8, 4) is 0 Å². The average Bonchev–Trinajstić information content (AvgIpc) is 2.98. The third-order valence-electron chi connectivity index (χ3n) is 3.39. The Hall–Kier alpha value is -1.83. The molecule has 0 aliphatic heterocycles. The Labute approximate surface area is 133 Å². The number of aryl methyl sites for hydroxylation is 4. The van der Waals surface area contributed by atoms with E-state index in [1.807, 2.05) is 20.1 Å². The fraction of sp³-hybridized carbons (Fsp3) is 0.571. The monoisotopic (exact) mass is 324 g/mol. The summed E-state index contributed by atoms with van der Waals surface area (Å²) in [5, 5.41) is 17.2. The first-order valence-corrected chi connectivity index (χ1v) is 8.45. The molecule has 2 aromatic heterocycles. The lowest BCUT2D eigenvalue weighted by Gasteiger charge is -2.03. The van der Waals surface area contributed by atoms with Gasteiger partial charge in [-0.25, -0.2) is 9.67 Å². The SMILES string of the molecule is CSCCc1nc(CCc2c(C)noc2C)n(CC(=O)O)n1. The fourth-order valence-electron chi connectivity index (χ4n) is 2.26. The number of carboxylic acids is 1. The van der Waals surface area contributed by atoms with Crippen LogP contribution < -0.4 is 0 Å². The maximum atomic E-state index is 11.0. The topological polar surface area (TPSA) is 94.0 Å². The van der Waals surface area contributed by atoms with E-state index in [0.717, 1.165) is 29.2 Å². The maximum Gasteiger partial charge on any atom is 0.325 e. The Morgan fingerprint density at radius 2 is 2.09 bits per heavy atom. The van der Waals surface area contributed by atoms with E-state index in [-0.39, 0.29) is 6.54 Å². The van der Waals surface area contributed by atoms with Crippen molar-refractivity contribution in [2.45, 2.75) is 39.7 Å². The van der Waals surface area contributed by atoms with Crippen LogP contribution in [0.4, 0.5) is 0 Å². The molecule has 0 amide bonds. The van der Waals surface area contributed by atoms with Gasteiger partial charge in [-0.15, -0.1) is 0 Å². The summed E-state index contributed by atoms with van der Waals surface area (Å²) in [6.07, 6.45) is 4.09. The average molecular weight is 324 g/mol. The summed E-state index contributed by atoms with van der Waals surface area (Å²) in [6.45, 7) is 3.61. The third-order valence-corrected chi connectivity index (χ3v) is 4.00. The Bertz CT molecular complexity index is 631. The summed E-state index contributed by atoms with van der Waals surface area (Å²) in [5.74, 6) is 2.19. The lowest BCUT2D eigenvalue weighted by molar-refractivity contribution is -0.137. The molecule has 2 rings (SSSR count). The fourth-order valence-corrected chi connectivity index (χ4v) is 2.65. The highest BCUT2D eigenvalue weighted by Crippen LogP contribution is 2.15. The van der Waals surface area contributed by atoms with Crippen LogP contribution in [0, 0.1) is 13.8 Å². The molecule has 0 atom stereocenters. The molecule has 0 unspecified atom stereocenters. The van der Waals surface area contributed by atoms with Gasteiger partial charge in [-0.1, -0.05) is 5.16 Å². The van der Waals surface area contributed by atoms with Crippen LogP contribution in [-0.4, -0.2) is 43.0 Å². The van der Waals surface area contributed by atoms with E-state index in [1.165, 1.54) is 4.68 Å². The van der Waals surface area contributed by atoms with Crippen molar-refractivity contribution in [1.29, 1.82) is 0 Å². The minimum absolute atomic E-state index is 0.163. The summed E-state index contributed by atoms with van der Waals surface area (Å²) in [5.41, 5.74) is 1.92. The second-order valence-electron chi connectivity index (χ2n) is 5.04. The van der Waals surface area contributed by atoms with Crippen LogP contribution in [0.2, 0.25) is 0 Å². The molecule has 0 aliphatic rings. The Morgan fingerprint density at radius 1 is 1.32 bits per heavy atom. The molecule has 0 radical (unpaired) electrons. The number of aromatic nitrogens is 4. The normalized spacial score (nSPS) is 11.0. The smallest absolute Gasteiger partial charge is 0.325 e. The van der Waals surface area contributed by atoms with Gasteiger partial charge in [0, 0.05) is 24.2 Å². The van der Waals surface area contributed by atoms with Crippen molar-refractivity contribution in [3.63, 3.8) is 0 Å². The molecule has 1 N–H and O–H groups in total. The van der Waals surface area contributed by atoms with Gasteiger partial charge in [-0.05, 0) is 26.5 Å². The second kappa shape index (κ2) is 7.44. The van der Waals surface area contributed by atoms with E-state index in [2.05, 4.69) is 15.2 Å². The molecule has 0 aromatic carbocycles. The largest absolute Gasteiger partial charge is 0.480 e. The van der Waals surface area contributed by atoms with E-state index in [9.17, 15) is 4.79 Å². The summed E-state index contributed by atoms with van der Waals surface area (Å²) >= 11 is 1.71. The van der Waals surface area contributed by atoms with Crippen LogP contribution >= 0.6 is 11.8 Å². The lowest BCUT2D eigenvalue weighted by atomic mass is 10.1. The van der Waals surface area contributed by atoms with Crippen LogP contribution in [0.5, 0.6) is 0 Å². The van der Waals surface area contributed by atoms with Gasteiger partial charge in [0.25, 0.3) is 0 Å². The van der Waals surface area contributed by atoms with E-state index in [0.29, 0.717) is 24.5 Å². The molecule has 0 aliphatic carbocycles. The predicted molar refractivity (Wildman–Crippen MR) is 83.1 cm³/mol. The predicted octanol–water partition coefficient (Wildman–Crippen LogP) is 1.66. The van der Waals surface area contributed by atoms with E-state index < -0.39 is 5.97 Å². The van der Waals surface area contributed by atoms with Gasteiger partial charge in [0.1, 0.15) is 18.1 Å². The maximum absolute atomic E-state index is 11.0. The molecule has 120 valence electrons. The number of nitrogens with zero attached hydrogens (tertiary/aromatic N) is 4. The van der Waals surface area contributed by atoms with Crippen LogP contribution in [-0.2, 0) is 30.6 Å². The van der Waals surface area contributed by atoms with Gasteiger partial charge in [0.15, 0.2) is 5.82 Å². The van der Waals surface area contributed by atoms with Gasteiger partial charge in [-0.2, -0.15) is 16.9 Å². The van der Waals surface area contributed by atoms with Gasteiger partial charge in [0.05, 0.1) is 5.69 Å². The molecule has 7 nitrogen and oxygen atoms in total. The number of thioether (sulfide) groups is 1. The second-order valence-corrected chi connectivity index (χ2v) is 6.03. The van der Waals surface area contributed by atoms with Gasteiger partial charge in [0.2, 0.25) is 0 Å². The Morgan fingerprint density at radius 3 is 2.68 bits per heavy atom. The quantitative estimate of drug-likeness (QED) is 0.789. The Kier molecular flexibility index (Phi) is 5.59. The van der Waals surface area contributed by atoms with Crippen LogP contribution in [0.15, 0.2) is 4.52 Å². The first-order valence-electron chi connectivity index (χ1n) is 7.06. The van der Waals surface area contributed by atoms with Gasteiger partial charge >= 0.3 is 5.97 Å². The third kappa shape index (κ3) is 4.09.